The Morgan fingerprint density at radius 3 is 2.37 bits per heavy atom. The second kappa shape index (κ2) is 8.81. The smallest absolute Gasteiger partial charge is 0.264 e. The van der Waals surface area contributed by atoms with Crippen LogP contribution in [0, 0.1) is 13.8 Å². The highest BCUT2D eigenvalue weighted by Crippen LogP contribution is 2.36. The van der Waals surface area contributed by atoms with Gasteiger partial charge in [-0.3, -0.25) is 9.40 Å². The first kappa shape index (κ1) is 22.4. The number of hydrogen-bond donors (Lipinski definition) is 3. The lowest BCUT2D eigenvalue weighted by molar-refractivity contribution is 0.601. The van der Waals surface area contributed by atoms with Crippen molar-refractivity contribution < 1.29 is 8.42 Å². The van der Waals surface area contributed by atoms with Crippen LogP contribution in [0.25, 0.3) is 11.1 Å². The molecule has 160 valence electrons. The number of sulfonamides is 1. The minimum absolute atomic E-state index is 0.0116. The summed E-state index contributed by atoms with van der Waals surface area (Å²) in [6.07, 6.45) is 1.64. The maximum absolute atomic E-state index is 13.0. The summed E-state index contributed by atoms with van der Waals surface area (Å²) in [6.45, 7) is 4.54. The first-order chi connectivity index (χ1) is 14.1. The van der Waals surface area contributed by atoms with Crippen LogP contribution in [0.3, 0.4) is 0 Å². The number of aromatic nitrogens is 3. The third-order valence-corrected chi connectivity index (χ3v) is 6.83. The zero-order valence-corrected chi connectivity index (χ0v) is 19.0. The molecule has 11 heteroatoms. The van der Waals surface area contributed by atoms with Crippen LogP contribution >= 0.6 is 23.2 Å². The fourth-order valence-electron chi connectivity index (χ4n) is 3.00. The van der Waals surface area contributed by atoms with Crippen molar-refractivity contribution in [3.05, 3.63) is 51.9 Å². The van der Waals surface area contributed by atoms with Crippen LogP contribution in [0.5, 0.6) is 0 Å². The van der Waals surface area contributed by atoms with Gasteiger partial charge in [-0.1, -0.05) is 23.2 Å². The van der Waals surface area contributed by atoms with Gasteiger partial charge in [-0.15, -0.1) is 0 Å². The lowest BCUT2D eigenvalue weighted by Crippen LogP contribution is -2.15. The van der Waals surface area contributed by atoms with E-state index in [-0.39, 0.29) is 14.9 Å². The Kier molecular flexibility index (Phi) is 6.56. The molecular weight excluding hydrogens is 447 g/mol. The zero-order valence-electron chi connectivity index (χ0n) is 16.7. The summed E-state index contributed by atoms with van der Waals surface area (Å²) >= 11 is 12.7. The average Bonchev–Trinajstić information content (AvgIpc) is 2.91. The van der Waals surface area contributed by atoms with Gasteiger partial charge in [0.15, 0.2) is 0 Å². The van der Waals surface area contributed by atoms with Gasteiger partial charge in [0.1, 0.15) is 10.7 Å². The molecule has 2 heterocycles. The van der Waals surface area contributed by atoms with Gasteiger partial charge in [0.05, 0.1) is 27.1 Å². The highest BCUT2D eigenvalue weighted by molar-refractivity contribution is 7.93. The normalized spacial score (nSPS) is 11.5. The predicted octanol–water partition coefficient (Wildman–Crippen LogP) is 3.58. The Morgan fingerprint density at radius 2 is 1.80 bits per heavy atom. The lowest BCUT2D eigenvalue weighted by atomic mass is 10.1. The Labute approximate surface area is 185 Å². The van der Waals surface area contributed by atoms with Crippen molar-refractivity contribution in [2.24, 2.45) is 12.8 Å². The van der Waals surface area contributed by atoms with Gasteiger partial charge in [-0.25, -0.2) is 13.4 Å². The number of nitrogens with zero attached hydrogens (tertiary/aromatic N) is 3. The number of aryl methyl sites for hydroxylation is 2. The second-order valence-electron chi connectivity index (χ2n) is 6.69. The van der Waals surface area contributed by atoms with Gasteiger partial charge in [0.2, 0.25) is 0 Å². The van der Waals surface area contributed by atoms with E-state index >= 15 is 0 Å². The van der Waals surface area contributed by atoms with E-state index in [9.17, 15) is 8.42 Å². The van der Waals surface area contributed by atoms with E-state index in [4.69, 9.17) is 28.9 Å². The summed E-state index contributed by atoms with van der Waals surface area (Å²) in [6, 6.07) is 6.72. The average molecular weight is 469 g/mol. The molecule has 0 spiro atoms. The predicted molar refractivity (Wildman–Crippen MR) is 121 cm³/mol. The van der Waals surface area contributed by atoms with Crippen LogP contribution in [0.1, 0.15) is 11.4 Å². The molecule has 30 heavy (non-hydrogen) atoms. The molecule has 0 saturated carbocycles. The van der Waals surface area contributed by atoms with Gasteiger partial charge in [-0.2, -0.15) is 5.10 Å². The minimum Gasteiger partial charge on any atom is -0.369 e. The van der Waals surface area contributed by atoms with Gasteiger partial charge in [0, 0.05) is 26.3 Å². The fraction of sp³-hybridized carbons (Fsp3) is 0.263. The van der Waals surface area contributed by atoms with Gasteiger partial charge in [0.25, 0.3) is 10.0 Å². The van der Waals surface area contributed by atoms with E-state index in [1.807, 2.05) is 6.07 Å². The SMILES string of the molecule is Cc1nn(C)c(C)c1NS(=O)(=O)c1c(Cl)cc(-c2ccnc(NCCN)c2)cc1Cl. The number of rotatable bonds is 7. The van der Waals surface area contributed by atoms with Gasteiger partial charge >= 0.3 is 0 Å². The van der Waals surface area contributed by atoms with E-state index in [1.165, 1.54) is 0 Å². The van der Waals surface area contributed by atoms with Crippen molar-refractivity contribution in [2.75, 3.05) is 23.1 Å². The Bertz CT molecular complexity index is 1170. The Hall–Kier alpha value is -2.33. The van der Waals surface area contributed by atoms with Crippen LogP contribution in [-0.2, 0) is 17.1 Å². The summed E-state index contributed by atoms with van der Waals surface area (Å²) < 4.78 is 30.2. The molecule has 0 unspecified atom stereocenters. The molecule has 3 rings (SSSR count). The number of pyridine rings is 1. The van der Waals surface area contributed by atoms with E-state index in [2.05, 4.69) is 20.1 Å². The summed E-state index contributed by atoms with van der Waals surface area (Å²) in [4.78, 5) is 4.04. The molecule has 1 aromatic carbocycles. The number of anilines is 2. The minimum atomic E-state index is -4.03. The first-order valence-corrected chi connectivity index (χ1v) is 11.3. The molecule has 3 aromatic rings. The van der Waals surface area contributed by atoms with E-state index in [1.54, 1.807) is 50.0 Å². The fourth-order valence-corrected chi connectivity index (χ4v) is 5.39. The number of halogens is 2. The zero-order chi connectivity index (χ0) is 22.1. The third-order valence-electron chi connectivity index (χ3n) is 4.56. The summed E-state index contributed by atoms with van der Waals surface area (Å²) in [5.74, 6) is 0.645. The third kappa shape index (κ3) is 4.54. The molecule has 0 bridgehead atoms. The molecule has 0 atom stereocenters. The second-order valence-corrected chi connectivity index (χ2v) is 9.12. The van der Waals surface area contributed by atoms with E-state index in [0.29, 0.717) is 41.5 Å². The van der Waals surface area contributed by atoms with Crippen molar-refractivity contribution >= 4 is 44.7 Å². The molecular formula is C19H22Cl2N6O2S. The highest BCUT2D eigenvalue weighted by Gasteiger charge is 2.25. The first-order valence-electron chi connectivity index (χ1n) is 9.06. The van der Waals surface area contributed by atoms with E-state index in [0.717, 1.165) is 5.56 Å². The number of nitrogens with two attached hydrogens (primary N) is 1. The molecule has 0 aliphatic carbocycles. The summed E-state index contributed by atoms with van der Waals surface area (Å²) in [7, 11) is -2.29. The lowest BCUT2D eigenvalue weighted by Gasteiger charge is -2.13. The molecule has 0 fully saturated rings. The van der Waals surface area contributed by atoms with Crippen LogP contribution in [0.2, 0.25) is 10.0 Å². The molecule has 2 aromatic heterocycles. The van der Waals surface area contributed by atoms with Gasteiger partial charge in [-0.05, 0) is 49.2 Å². The number of nitrogens with one attached hydrogen (secondary N) is 2. The van der Waals surface area contributed by atoms with Crippen LogP contribution < -0.4 is 15.8 Å². The van der Waals surface area contributed by atoms with Crippen molar-refractivity contribution in [1.82, 2.24) is 14.8 Å². The highest BCUT2D eigenvalue weighted by atomic mass is 35.5. The molecule has 0 amide bonds. The maximum atomic E-state index is 13.0. The van der Waals surface area contributed by atoms with Crippen LogP contribution in [0.4, 0.5) is 11.5 Å². The van der Waals surface area contributed by atoms with Crippen molar-refractivity contribution in [2.45, 2.75) is 18.7 Å². The summed E-state index contributed by atoms with van der Waals surface area (Å²) in [5, 5.41) is 7.34. The quantitative estimate of drug-likeness (QED) is 0.487. The maximum Gasteiger partial charge on any atom is 0.264 e. The number of benzene rings is 1. The largest absolute Gasteiger partial charge is 0.369 e. The topological polar surface area (TPSA) is 115 Å². The Morgan fingerprint density at radius 1 is 1.13 bits per heavy atom. The van der Waals surface area contributed by atoms with Crippen LogP contribution in [-0.4, -0.2) is 36.3 Å². The van der Waals surface area contributed by atoms with Crippen LogP contribution in [0.15, 0.2) is 35.4 Å². The van der Waals surface area contributed by atoms with Gasteiger partial charge < -0.3 is 11.1 Å². The Balaban J connectivity index is 1.98. The van der Waals surface area contributed by atoms with Crippen molar-refractivity contribution in [3.63, 3.8) is 0 Å². The molecule has 0 aliphatic rings. The molecule has 0 aliphatic heterocycles. The number of hydrogen-bond acceptors (Lipinski definition) is 6. The molecule has 8 nitrogen and oxygen atoms in total. The van der Waals surface area contributed by atoms with Crippen molar-refractivity contribution in [3.8, 4) is 11.1 Å². The van der Waals surface area contributed by atoms with Crippen molar-refractivity contribution in [1.29, 1.82) is 0 Å². The molecule has 0 radical (unpaired) electrons. The molecule has 0 saturated heterocycles. The monoisotopic (exact) mass is 468 g/mol. The van der Waals surface area contributed by atoms with E-state index < -0.39 is 10.0 Å². The summed E-state index contributed by atoms with van der Waals surface area (Å²) in [5.41, 5.74) is 8.58. The standard InChI is InChI=1S/C19H22Cl2N6O2S/c1-11-18(12(2)27(3)25-11)26-30(28,29)19-15(20)8-14(9-16(19)21)13-4-6-23-17(10-13)24-7-5-22/h4,6,8-10,26H,5,7,22H2,1-3H3,(H,23,24). The molecule has 4 N–H and O–H groups in total.